The monoisotopic (exact) mass is 459 g/mol. The van der Waals surface area contributed by atoms with Crippen molar-refractivity contribution in [2.75, 3.05) is 18.1 Å². The standard InChI is InChI=1S/C23H26NO7P/c25-22-8-4-5-18(15-29-16-21-13-14-23(31-21)32(26,27)28)24(22)17-9-11-20(12-10-17)30-19-6-2-1-3-7-19/h1-3,6-7,9-13,18,23H,4-5,8,14-16H2,(H2,26,27,28). The molecule has 0 saturated carbocycles. The fourth-order valence-corrected chi connectivity index (χ4v) is 4.50. The van der Waals surface area contributed by atoms with E-state index in [0.717, 1.165) is 24.3 Å². The van der Waals surface area contributed by atoms with Crippen LogP contribution in [0, 0.1) is 0 Å². The Morgan fingerprint density at radius 3 is 2.47 bits per heavy atom. The highest BCUT2D eigenvalue weighted by Crippen LogP contribution is 2.47. The van der Waals surface area contributed by atoms with Crippen molar-refractivity contribution >= 4 is 19.2 Å². The van der Waals surface area contributed by atoms with Gasteiger partial charge in [-0.1, -0.05) is 18.2 Å². The minimum Gasteiger partial charge on any atom is -0.480 e. The molecule has 0 bridgehead atoms. The Bertz CT molecular complexity index is 1000. The van der Waals surface area contributed by atoms with E-state index >= 15 is 0 Å². The predicted molar refractivity (Wildman–Crippen MR) is 119 cm³/mol. The van der Waals surface area contributed by atoms with Crippen LogP contribution in [-0.4, -0.2) is 40.8 Å². The maximum Gasteiger partial charge on any atom is 0.366 e. The molecule has 2 N–H and O–H groups in total. The topological polar surface area (TPSA) is 106 Å². The van der Waals surface area contributed by atoms with E-state index in [0.29, 0.717) is 24.5 Å². The Kier molecular flexibility index (Phi) is 6.96. The number of carbonyl (C=O) groups excluding carboxylic acids is 1. The molecule has 2 unspecified atom stereocenters. The van der Waals surface area contributed by atoms with Crippen molar-refractivity contribution in [2.24, 2.45) is 0 Å². The highest BCUT2D eigenvalue weighted by Gasteiger charge is 2.34. The van der Waals surface area contributed by atoms with Gasteiger partial charge in [0.25, 0.3) is 0 Å². The number of benzene rings is 2. The summed E-state index contributed by atoms with van der Waals surface area (Å²) in [7, 11) is -4.29. The van der Waals surface area contributed by atoms with Gasteiger partial charge in [-0.3, -0.25) is 9.36 Å². The third-order valence-corrected chi connectivity index (χ3v) is 6.49. The normalized spacial score (nSPS) is 21.2. The molecule has 8 nitrogen and oxygen atoms in total. The molecule has 1 fully saturated rings. The van der Waals surface area contributed by atoms with Gasteiger partial charge in [0, 0.05) is 18.5 Å². The van der Waals surface area contributed by atoms with E-state index in [-0.39, 0.29) is 25.0 Å². The zero-order valence-electron chi connectivity index (χ0n) is 17.5. The highest BCUT2D eigenvalue weighted by molar-refractivity contribution is 7.52. The first-order valence-electron chi connectivity index (χ1n) is 10.5. The van der Waals surface area contributed by atoms with E-state index in [1.807, 2.05) is 54.6 Å². The molecule has 170 valence electrons. The fraction of sp³-hybridized carbons (Fsp3) is 0.348. The van der Waals surface area contributed by atoms with Crippen LogP contribution < -0.4 is 9.64 Å². The number of piperidine rings is 1. The van der Waals surface area contributed by atoms with Crippen LogP contribution in [0.25, 0.3) is 0 Å². The number of hydrogen-bond acceptors (Lipinski definition) is 5. The molecule has 2 aromatic carbocycles. The lowest BCUT2D eigenvalue weighted by molar-refractivity contribution is -0.120. The first kappa shape index (κ1) is 22.6. The zero-order valence-corrected chi connectivity index (χ0v) is 18.4. The van der Waals surface area contributed by atoms with Gasteiger partial charge in [-0.2, -0.15) is 0 Å². The van der Waals surface area contributed by atoms with Gasteiger partial charge < -0.3 is 28.9 Å². The molecule has 0 aromatic heterocycles. The van der Waals surface area contributed by atoms with Crippen molar-refractivity contribution < 1.29 is 33.4 Å². The molecule has 2 aromatic rings. The van der Waals surface area contributed by atoms with Gasteiger partial charge in [0.15, 0.2) is 0 Å². The molecular weight excluding hydrogens is 433 g/mol. The molecule has 9 heteroatoms. The Labute approximate surface area is 186 Å². The van der Waals surface area contributed by atoms with Gasteiger partial charge in [-0.25, -0.2) is 0 Å². The van der Waals surface area contributed by atoms with Crippen molar-refractivity contribution in [3.8, 4) is 11.5 Å². The largest absolute Gasteiger partial charge is 0.480 e. The molecule has 2 heterocycles. The Balaban J connectivity index is 1.35. The van der Waals surface area contributed by atoms with E-state index in [1.165, 1.54) is 0 Å². The number of anilines is 1. The second kappa shape index (κ2) is 9.88. The summed E-state index contributed by atoms with van der Waals surface area (Å²) < 4.78 is 28.2. The van der Waals surface area contributed by atoms with Crippen LogP contribution in [-0.2, 0) is 18.8 Å². The minimum atomic E-state index is -4.29. The lowest BCUT2D eigenvalue weighted by Gasteiger charge is -2.35. The molecule has 32 heavy (non-hydrogen) atoms. The zero-order chi connectivity index (χ0) is 22.6. The van der Waals surface area contributed by atoms with Crippen molar-refractivity contribution in [1.82, 2.24) is 0 Å². The van der Waals surface area contributed by atoms with Crippen LogP contribution in [0.2, 0.25) is 0 Å². The van der Waals surface area contributed by atoms with Crippen LogP contribution in [0.5, 0.6) is 11.5 Å². The average molecular weight is 459 g/mol. The second-order valence-corrected chi connectivity index (χ2v) is 9.56. The number of ether oxygens (including phenoxy) is 3. The molecular formula is C23H26NO7P. The number of amides is 1. The molecule has 4 rings (SSSR count). The van der Waals surface area contributed by atoms with Gasteiger partial charge in [0.1, 0.15) is 23.9 Å². The number of carbonyl (C=O) groups is 1. The van der Waals surface area contributed by atoms with Crippen molar-refractivity contribution in [3.63, 3.8) is 0 Å². The smallest absolute Gasteiger partial charge is 0.366 e. The summed E-state index contributed by atoms with van der Waals surface area (Å²) in [5, 5.41) is 0. The van der Waals surface area contributed by atoms with Gasteiger partial charge in [0.2, 0.25) is 11.8 Å². The summed E-state index contributed by atoms with van der Waals surface area (Å²) in [6.45, 7) is 0.411. The van der Waals surface area contributed by atoms with Crippen LogP contribution in [0.15, 0.2) is 66.4 Å². The predicted octanol–water partition coefficient (Wildman–Crippen LogP) is 4.19. The summed E-state index contributed by atoms with van der Waals surface area (Å²) in [5.74, 6) is 0.742. The first-order chi connectivity index (χ1) is 15.4. The highest BCUT2D eigenvalue weighted by atomic mass is 31.2. The van der Waals surface area contributed by atoms with Crippen LogP contribution >= 0.6 is 7.60 Å². The van der Waals surface area contributed by atoms with Crippen LogP contribution in [0.3, 0.4) is 0 Å². The van der Waals surface area contributed by atoms with Crippen molar-refractivity contribution in [3.05, 3.63) is 66.4 Å². The van der Waals surface area contributed by atoms with Gasteiger partial charge in [0.05, 0.1) is 12.6 Å². The Hall–Kier alpha value is -2.64. The maximum absolute atomic E-state index is 12.7. The summed E-state index contributed by atoms with van der Waals surface area (Å²) in [5.41, 5.74) is 0.779. The quantitative estimate of drug-likeness (QED) is 0.570. The lowest BCUT2D eigenvalue weighted by Crippen LogP contribution is -2.46. The summed E-state index contributed by atoms with van der Waals surface area (Å²) >= 11 is 0. The maximum atomic E-state index is 12.7. The summed E-state index contributed by atoms with van der Waals surface area (Å²) in [6.07, 6.45) is 3.88. The molecule has 2 aliphatic heterocycles. The van der Waals surface area contributed by atoms with E-state index in [4.69, 9.17) is 14.2 Å². The van der Waals surface area contributed by atoms with Gasteiger partial charge in [-0.05, 0) is 55.3 Å². The third kappa shape index (κ3) is 5.58. The number of nitrogens with zero attached hydrogens (tertiary/aromatic N) is 1. The van der Waals surface area contributed by atoms with Gasteiger partial charge >= 0.3 is 7.60 Å². The molecule has 1 amide bonds. The average Bonchev–Trinajstić information content (AvgIpc) is 3.25. The van der Waals surface area contributed by atoms with E-state index < -0.39 is 13.4 Å². The van der Waals surface area contributed by atoms with E-state index in [2.05, 4.69) is 0 Å². The Morgan fingerprint density at radius 1 is 1.06 bits per heavy atom. The summed E-state index contributed by atoms with van der Waals surface area (Å²) in [6, 6.07) is 16.7. The Morgan fingerprint density at radius 2 is 1.78 bits per heavy atom. The fourth-order valence-electron chi connectivity index (χ4n) is 3.85. The number of rotatable bonds is 8. The van der Waals surface area contributed by atoms with Crippen LogP contribution in [0.1, 0.15) is 25.7 Å². The first-order valence-corrected chi connectivity index (χ1v) is 12.2. The molecule has 2 atom stereocenters. The van der Waals surface area contributed by atoms with Crippen molar-refractivity contribution in [2.45, 2.75) is 37.6 Å². The van der Waals surface area contributed by atoms with Gasteiger partial charge in [-0.15, -0.1) is 0 Å². The minimum absolute atomic E-state index is 0.0412. The number of hydrogen-bond donors (Lipinski definition) is 2. The van der Waals surface area contributed by atoms with E-state index in [9.17, 15) is 19.1 Å². The SMILES string of the molecule is O=C1CCCC(COCC2=CCC(P(=O)(O)O)O2)N1c1ccc(Oc2ccccc2)cc1. The lowest BCUT2D eigenvalue weighted by atomic mass is 10.0. The second-order valence-electron chi connectivity index (χ2n) is 7.80. The number of para-hydroxylation sites is 1. The molecule has 2 aliphatic rings. The van der Waals surface area contributed by atoms with Crippen LogP contribution in [0.4, 0.5) is 5.69 Å². The van der Waals surface area contributed by atoms with Crippen molar-refractivity contribution in [1.29, 1.82) is 0 Å². The van der Waals surface area contributed by atoms with E-state index in [1.54, 1.807) is 11.0 Å². The molecule has 0 aliphatic carbocycles. The third-order valence-electron chi connectivity index (χ3n) is 5.42. The molecule has 0 spiro atoms. The molecule has 1 saturated heterocycles. The summed E-state index contributed by atoms with van der Waals surface area (Å²) in [4.78, 5) is 32.9. The molecule has 0 radical (unpaired) electrons.